The van der Waals surface area contributed by atoms with Crippen LogP contribution in [0.5, 0.6) is 5.75 Å². The quantitative estimate of drug-likeness (QED) is 0.803. The standard InChI is InChI=1S/C17H16N4O2/c22-17(13-6-7-14-12(10-13)4-3-9-23-14)18-11-16-20-19-15-5-1-2-8-21(15)16/h1-2,5-8,10H,3-4,9,11H2,(H,18,22). The maximum Gasteiger partial charge on any atom is 0.251 e. The maximum absolute atomic E-state index is 12.4. The fourth-order valence-electron chi connectivity index (χ4n) is 2.77. The van der Waals surface area contributed by atoms with E-state index in [1.165, 1.54) is 0 Å². The van der Waals surface area contributed by atoms with Crippen molar-refractivity contribution < 1.29 is 9.53 Å². The van der Waals surface area contributed by atoms with Gasteiger partial charge in [0, 0.05) is 11.8 Å². The van der Waals surface area contributed by atoms with Crippen LogP contribution in [0.1, 0.15) is 28.2 Å². The van der Waals surface area contributed by atoms with Crippen LogP contribution in [-0.2, 0) is 13.0 Å². The normalized spacial score (nSPS) is 13.4. The third-order valence-electron chi connectivity index (χ3n) is 3.96. The van der Waals surface area contributed by atoms with Gasteiger partial charge in [-0.05, 0) is 48.7 Å². The van der Waals surface area contributed by atoms with Gasteiger partial charge in [0.25, 0.3) is 5.91 Å². The zero-order valence-electron chi connectivity index (χ0n) is 12.5. The highest BCUT2D eigenvalue weighted by molar-refractivity contribution is 5.94. The molecule has 1 N–H and O–H groups in total. The van der Waals surface area contributed by atoms with Crippen molar-refractivity contribution >= 4 is 11.6 Å². The summed E-state index contributed by atoms with van der Waals surface area (Å²) < 4.78 is 7.43. The molecule has 0 bridgehead atoms. The molecule has 0 saturated heterocycles. The third kappa shape index (κ3) is 2.63. The van der Waals surface area contributed by atoms with E-state index in [0.29, 0.717) is 17.9 Å². The first-order valence-electron chi connectivity index (χ1n) is 7.64. The topological polar surface area (TPSA) is 68.5 Å². The number of hydrogen-bond donors (Lipinski definition) is 1. The molecular formula is C17H16N4O2. The van der Waals surface area contributed by atoms with E-state index in [1.807, 2.05) is 40.9 Å². The monoisotopic (exact) mass is 308 g/mol. The van der Waals surface area contributed by atoms with Crippen molar-refractivity contribution in [1.29, 1.82) is 0 Å². The molecule has 0 atom stereocenters. The minimum Gasteiger partial charge on any atom is -0.493 e. The number of aryl methyl sites for hydroxylation is 1. The first-order chi connectivity index (χ1) is 11.3. The van der Waals surface area contributed by atoms with Gasteiger partial charge < -0.3 is 10.1 Å². The lowest BCUT2D eigenvalue weighted by atomic mass is 10.0. The minimum atomic E-state index is -0.119. The Bertz CT molecular complexity index is 872. The van der Waals surface area contributed by atoms with Gasteiger partial charge in [0.05, 0.1) is 13.2 Å². The van der Waals surface area contributed by atoms with Crippen LogP contribution < -0.4 is 10.1 Å². The molecule has 6 nitrogen and oxygen atoms in total. The fourth-order valence-corrected chi connectivity index (χ4v) is 2.77. The Balaban J connectivity index is 1.50. The lowest BCUT2D eigenvalue weighted by molar-refractivity contribution is 0.0949. The highest BCUT2D eigenvalue weighted by Crippen LogP contribution is 2.25. The van der Waals surface area contributed by atoms with E-state index in [-0.39, 0.29) is 5.91 Å². The van der Waals surface area contributed by atoms with Crippen LogP contribution >= 0.6 is 0 Å². The molecule has 0 aliphatic carbocycles. The van der Waals surface area contributed by atoms with Gasteiger partial charge in [-0.1, -0.05) is 6.07 Å². The minimum absolute atomic E-state index is 0.119. The van der Waals surface area contributed by atoms with Crippen LogP contribution in [0.25, 0.3) is 5.65 Å². The molecule has 3 aromatic rings. The van der Waals surface area contributed by atoms with Crippen molar-refractivity contribution in [1.82, 2.24) is 19.9 Å². The molecule has 1 aromatic carbocycles. The summed E-state index contributed by atoms with van der Waals surface area (Å²) in [6.07, 6.45) is 3.82. The van der Waals surface area contributed by atoms with E-state index >= 15 is 0 Å². The molecule has 6 heteroatoms. The van der Waals surface area contributed by atoms with Crippen molar-refractivity contribution in [2.24, 2.45) is 0 Å². The molecule has 1 aliphatic rings. The number of pyridine rings is 1. The zero-order valence-corrected chi connectivity index (χ0v) is 12.5. The Morgan fingerprint density at radius 3 is 3.17 bits per heavy atom. The van der Waals surface area contributed by atoms with Crippen LogP contribution in [0.2, 0.25) is 0 Å². The average Bonchev–Trinajstić information content (AvgIpc) is 3.02. The summed E-state index contributed by atoms with van der Waals surface area (Å²) in [6, 6.07) is 11.3. The van der Waals surface area contributed by atoms with E-state index in [1.54, 1.807) is 6.07 Å². The lowest BCUT2D eigenvalue weighted by Gasteiger charge is -2.17. The zero-order chi connectivity index (χ0) is 15.6. The second-order valence-corrected chi connectivity index (χ2v) is 5.50. The second-order valence-electron chi connectivity index (χ2n) is 5.50. The maximum atomic E-state index is 12.4. The first-order valence-corrected chi connectivity index (χ1v) is 7.64. The summed E-state index contributed by atoms with van der Waals surface area (Å²) in [6.45, 7) is 1.08. The molecule has 1 aliphatic heterocycles. The van der Waals surface area contributed by atoms with E-state index < -0.39 is 0 Å². The second kappa shape index (κ2) is 5.72. The largest absolute Gasteiger partial charge is 0.493 e. The lowest BCUT2D eigenvalue weighted by Crippen LogP contribution is -2.24. The molecule has 0 radical (unpaired) electrons. The smallest absolute Gasteiger partial charge is 0.251 e. The van der Waals surface area contributed by atoms with Crippen LogP contribution in [0.3, 0.4) is 0 Å². The molecule has 1 amide bonds. The molecule has 0 spiro atoms. The van der Waals surface area contributed by atoms with Gasteiger partial charge in [0.2, 0.25) is 0 Å². The van der Waals surface area contributed by atoms with Gasteiger partial charge in [-0.15, -0.1) is 10.2 Å². The highest BCUT2D eigenvalue weighted by atomic mass is 16.5. The molecule has 3 heterocycles. The van der Waals surface area contributed by atoms with Crippen molar-refractivity contribution in [2.45, 2.75) is 19.4 Å². The Morgan fingerprint density at radius 2 is 2.22 bits per heavy atom. The van der Waals surface area contributed by atoms with Crippen LogP contribution in [-0.4, -0.2) is 27.1 Å². The Hall–Kier alpha value is -2.89. The van der Waals surface area contributed by atoms with Crippen LogP contribution in [0.15, 0.2) is 42.6 Å². The predicted octanol–water partition coefficient (Wildman–Crippen LogP) is 1.98. The number of nitrogens with zero attached hydrogens (tertiary/aromatic N) is 3. The number of ether oxygens (including phenoxy) is 1. The van der Waals surface area contributed by atoms with Crippen molar-refractivity contribution in [2.75, 3.05) is 6.61 Å². The van der Waals surface area contributed by atoms with Crippen molar-refractivity contribution in [3.05, 3.63) is 59.5 Å². The SMILES string of the molecule is O=C(NCc1nnc2ccccn12)c1ccc2c(c1)CCCO2. The summed E-state index contributed by atoms with van der Waals surface area (Å²) in [5, 5.41) is 11.1. The number of benzene rings is 1. The summed E-state index contributed by atoms with van der Waals surface area (Å²) in [5.41, 5.74) is 2.50. The van der Waals surface area contributed by atoms with Gasteiger partial charge >= 0.3 is 0 Å². The molecule has 23 heavy (non-hydrogen) atoms. The summed E-state index contributed by atoms with van der Waals surface area (Å²) in [4.78, 5) is 12.4. The fraction of sp³-hybridized carbons (Fsp3) is 0.235. The number of carbonyl (C=O) groups excluding carboxylic acids is 1. The van der Waals surface area contributed by atoms with E-state index in [2.05, 4.69) is 15.5 Å². The number of rotatable bonds is 3. The molecule has 0 fully saturated rings. The van der Waals surface area contributed by atoms with Gasteiger partial charge in [0.15, 0.2) is 11.5 Å². The van der Waals surface area contributed by atoms with Crippen LogP contribution in [0.4, 0.5) is 0 Å². The van der Waals surface area contributed by atoms with Gasteiger partial charge in [0.1, 0.15) is 5.75 Å². The number of amides is 1. The third-order valence-corrected chi connectivity index (χ3v) is 3.96. The average molecular weight is 308 g/mol. The van der Waals surface area contributed by atoms with E-state index in [0.717, 1.165) is 36.4 Å². The van der Waals surface area contributed by atoms with E-state index in [4.69, 9.17) is 4.74 Å². The number of hydrogen-bond acceptors (Lipinski definition) is 4. The van der Waals surface area contributed by atoms with Gasteiger partial charge in [-0.3, -0.25) is 9.20 Å². The summed E-state index contributed by atoms with van der Waals surface area (Å²) in [5.74, 6) is 1.47. The predicted molar refractivity (Wildman–Crippen MR) is 84.4 cm³/mol. The first kappa shape index (κ1) is 13.8. The summed E-state index contributed by atoms with van der Waals surface area (Å²) in [7, 11) is 0. The van der Waals surface area contributed by atoms with Crippen LogP contribution in [0, 0.1) is 0 Å². The molecule has 2 aromatic heterocycles. The Morgan fingerprint density at radius 1 is 1.26 bits per heavy atom. The summed E-state index contributed by atoms with van der Waals surface area (Å²) >= 11 is 0. The molecular weight excluding hydrogens is 292 g/mol. The van der Waals surface area contributed by atoms with Gasteiger partial charge in [-0.25, -0.2) is 0 Å². The van der Waals surface area contributed by atoms with Crippen molar-refractivity contribution in [3.63, 3.8) is 0 Å². The Labute approximate surface area is 133 Å². The number of fused-ring (bicyclic) bond motifs is 2. The number of carbonyl (C=O) groups is 1. The number of nitrogens with one attached hydrogen (secondary N) is 1. The van der Waals surface area contributed by atoms with Gasteiger partial charge in [-0.2, -0.15) is 0 Å². The van der Waals surface area contributed by atoms with E-state index in [9.17, 15) is 4.79 Å². The molecule has 0 unspecified atom stereocenters. The van der Waals surface area contributed by atoms with Crippen molar-refractivity contribution in [3.8, 4) is 5.75 Å². The molecule has 0 saturated carbocycles. The Kier molecular flexibility index (Phi) is 3.42. The number of aromatic nitrogens is 3. The molecule has 116 valence electrons. The highest BCUT2D eigenvalue weighted by Gasteiger charge is 2.14. The molecule has 4 rings (SSSR count).